The second-order valence-electron chi connectivity index (χ2n) is 6.45. The molecule has 25 heavy (non-hydrogen) atoms. The zero-order chi connectivity index (χ0) is 18.4. The summed E-state index contributed by atoms with van der Waals surface area (Å²) in [5.74, 6) is -0.456. The summed E-state index contributed by atoms with van der Waals surface area (Å²) in [6, 6.07) is 6.34. The summed E-state index contributed by atoms with van der Waals surface area (Å²) in [7, 11) is 0. The predicted octanol–water partition coefficient (Wildman–Crippen LogP) is 5.07. The van der Waals surface area contributed by atoms with Crippen LogP contribution in [0.2, 0.25) is 0 Å². The summed E-state index contributed by atoms with van der Waals surface area (Å²) in [6.45, 7) is 5.39. The van der Waals surface area contributed by atoms with E-state index in [1.165, 1.54) is 11.0 Å². The number of rotatable bonds is 2. The van der Waals surface area contributed by atoms with Crippen LogP contribution >= 0.6 is 15.9 Å². The summed E-state index contributed by atoms with van der Waals surface area (Å²) in [5, 5.41) is 9.50. The molecule has 3 aromatic rings. The molecule has 2 heterocycles. The highest BCUT2D eigenvalue weighted by Gasteiger charge is 2.28. The average Bonchev–Trinajstić information content (AvgIpc) is 2.91. The van der Waals surface area contributed by atoms with Crippen molar-refractivity contribution in [1.82, 2.24) is 9.97 Å². The molecule has 0 saturated heterocycles. The van der Waals surface area contributed by atoms with Crippen molar-refractivity contribution < 1.29 is 18.7 Å². The molecule has 0 saturated carbocycles. The van der Waals surface area contributed by atoms with Gasteiger partial charge in [0.05, 0.1) is 17.4 Å². The molecular formula is C17H15BrFN3O3. The number of carbonyl (C=O) groups is 1. The molecule has 0 aliphatic carbocycles. The number of carboxylic acid groups (broad SMARTS) is 1. The van der Waals surface area contributed by atoms with Crippen LogP contribution < -0.4 is 4.90 Å². The number of hydrogen-bond donors (Lipinski definition) is 1. The number of halogens is 2. The molecule has 0 unspecified atom stereocenters. The van der Waals surface area contributed by atoms with Gasteiger partial charge in [0.15, 0.2) is 11.4 Å². The molecule has 1 N–H and O–H groups in total. The van der Waals surface area contributed by atoms with Crippen LogP contribution in [0, 0.1) is 5.82 Å². The third-order valence-electron chi connectivity index (χ3n) is 3.54. The summed E-state index contributed by atoms with van der Waals surface area (Å²) < 4.78 is 20.0. The lowest BCUT2D eigenvalue weighted by Crippen LogP contribution is -2.45. The Morgan fingerprint density at radius 2 is 2.04 bits per heavy atom. The molecule has 0 fully saturated rings. The van der Waals surface area contributed by atoms with Crippen molar-refractivity contribution in [1.29, 1.82) is 0 Å². The quantitative estimate of drug-likeness (QED) is 0.599. The van der Waals surface area contributed by atoms with Gasteiger partial charge < -0.3 is 9.52 Å². The molecule has 6 nitrogen and oxygen atoms in total. The molecule has 8 heteroatoms. The van der Waals surface area contributed by atoms with Crippen molar-refractivity contribution in [3.8, 4) is 11.5 Å². The highest BCUT2D eigenvalue weighted by atomic mass is 79.9. The van der Waals surface area contributed by atoms with Gasteiger partial charge in [-0.2, -0.15) is 0 Å². The molecule has 1 amide bonds. The maximum absolute atomic E-state index is 14.0. The Morgan fingerprint density at radius 3 is 2.68 bits per heavy atom. The summed E-state index contributed by atoms with van der Waals surface area (Å²) in [6.07, 6.45) is 0.00514. The Hall–Kier alpha value is -2.48. The minimum Gasteiger partial charge on any atom is -0.465 e. The fraction of sp³-hybridized carbons (Fsp3) is 0.235. The maximum Gasteiger partial charge on any atom is 0.412 e. The minimum absolute atomic E-state index is 0.102. The van der Waals surface area contributed by atoms with E-state index in [-0.39, 0.29) is 11.5 Å². The van der Waals surface area contributed by atoms with Gasteiger partial charge in [0, 0.05) is 5.54 Å². The summed E-state index contributed by atoms with van der Waals surface area (Å²) in [5.41, 5.74) is 0.878. The number of nitrogens with zero attached hydrogens (tertiary/aromatic N) is 3. The second kappa shape index (κ2) is 6.11. The number of fused-ring (bicyclic) bond motifs is 1. The number of anilines is 1. The van der Waals surface area contributed by atoms with E-state index in [1.54, 1.807) is 39.0 Å². The van der Waals surface area contributed by atoms with E-state index in [0.717, 1.165) is 6.20 Å². The van der Waals surface area contributed by atoms with Crippen molar-refractivity contribution in [2.75, 3.05) is 4.90 Å². The van der Waals surface area contributed by atoms with Crippen LogP contribution in [0.4, 0.5) is 14.9 Å². The maximum atomic E-state index is 14.0. The Bertz CT molecular complexity index is 965. The van der Waals surface area contributed by atoms with Crippen LogP contribution in [-0.4, -0.2) is 26.7 Å². The highest BCUT2D eigenvalue weighted by molar-refractivity contribution is 9.10. The zero-order valence-corrected chi connectivity index (χ0v) is 15.3. The SMILES string of the molecule is CC(C)(C)N(C(=O)O)c1ccc2oc(-c3cc(Br)ncc3F)nc2c1. The van der Waals surface area contributed by atoms with Gasteiger partial charge in [0.25, 0.3) is 0 Å². The van der Waals surface area contributed by atoms with Crippen LogP contribution in [0.1, 0.15) is 20.8 Å². The first-order valence-corrected chi connectivity index (χ1v) is 8.21. The normalized spacial score (nSPS) is 11.7. The lowest BCUT2D eigenvalue weighted by atomic mass is 10.1. The van der Waals surface area contributed by atoms with Gasteiger partial charge in [0.1, 0.15) is 10.1 Å². The smallest absolute Gasteiger partial charge is 0.412 e. The molecule has 3 rings (SSSR count). The number of benzene rings is 1. The van der Waals surface area contributed by atoms with Crippen molar-refractivity contribution in [3.63, 3.8) is 0 Å². The standard InChI is InChI=1S/C17H15BrFN3O3/c1-17(2,3)22(16(23)24)9-4-5-13-12(6-9)21-15(25-13)10-7-14(18)20-8-11(10)19/h4-8H,1-3H3,(H,23,24). The van der Waals surface area contributed by atoms with Gasteiger partial charge in [-0.1, -0.05) is 0 Å². The van der Waals surface area contributed by atoms with Crippen LogP contribution in [0.15, 0.2) is 39.5 Å². The molecule has 1 aromatic carbocycles. The van der Waals surface area contributed by atoms with Gasteiger partial charge in [0.2, 0.25) is 5.89 Å². The summed E-state index contributed by atoms with van der Waals surface area (Å²) in [4.78, 5) is 20.9. The summed E-state index contributed by atoms with van der Waals surface area (Å²) >= 11 is 3.19. The molecule has 0 aliphatic heterocycles. The third-order valence-corrected chi connectivity index (χ3v) is 3.98. The molecule has 130 valence electrons. The molecule has 0 radical (unpaired) electrons. The number of hydrogen-bond acceptors (Lipinski definition) is 4. The van der Waals surface area contributed by atoms with E-state index in [4.69, 9.17) is 4.42 Å². The van der Waals surface area contributed by atoms with Crippen molar-refractivity contribution in [3.05, 3.63) is 40.9 Å². The van der Waals surface area contributed by atoms with E-state index < -0.39 is 17.4 Å². The van der Waals surface area contributed by atoms with E-state index >= 15 is 0 Å². The largest absolute Gasteiger partial charge is 0.465 e. The van der Waals surface area contributed by atoms with Gasteiger partial charge in [-0.25, -0.2) is 19.2 Å². The Labute approximate surface area is 151 Å². The van der Waals surface area contributed by atoms with E-state index in [2.05, 4.69) is 25.9 Å². The number of oxazole rings is 1. The molecule has 0 bridgehead atoms. The molecule has 2 aromatic heterocycles. The fourth-order valence-corrected chi connectivity index (χ4v) is 2.86. The van der Waals surface area contributed by atoms with E-state index in [0.29, 0.717) is 21.4 Å². The first kappa shape index (κ1) is 17.3. The van der Waals surface area contributed by atoms with Crippen LogP contribution in [0.3, 0.4) is 0 Å². The highest BCUT2D eigenvalue weighted by Crippen LogP contribution is 2.31. The van der Waals surface area contributed by atoms with E-state index in [9.17, 15) is 14.3 Å². The van der Waals surface area contributed by atoms with Crippen LogP contribution in [0.5, 0.6) is 0 Å². The van der Waals surface area contributed by atoms with Crippen LogP contribution in [0.25, 0.3) is 22.6 Å². The van der Waals surface area contributed by atoms with Crippen molar-refractivity contribution in [2.45, 2.75) is 26.3 Å². The van der Waals surface area contributed by atoms with Gasteiger partial charge >= 0.3 is 6.09 Å². The van der Waals surface area contributed by atoms with Crippen LogP contribution in [-0.2, 0) is 0 Å². The zero-order valence-electron chi connectivity index (χ0n) is 13.7. The fourth-order valence-electron chi connectivity index (χ4n) is 2.53. The minimum atomic E-state index is -1.07. The van der Waals surface area contributed by atoms with Gasteiger partial charge in [-0.3, -0.25) is 4.90 Å². The predicted molar refractivity (Wildman–Crippen MR) is 95.2 cm³/mol. The monoisotopic (exact) mass is 407 g/mol. The first-order valence-electron chi connectivity index (χ1n) is 7.42. The molecular weight excluding hydrogens is 393 g/mol. The lowest BCUT2D eigenvalue weighted by molar-refractivity contribution is 0.195. The Balaban J connectivity index is 2.11. The number of amides is 1. The average molecular weight is 408 g/mol. The molecule has 0 aliphatic rings. The van der Waals surface area contributed by atoms with Gasteiger partial charge in [-0.15, -0.1) is 0 Å². The number of aromatic nitrogens is 2. The molecule has 0 spiro atoms. The Morgan fingerprint density at radius 1 is 1.32 bits per heavy atom. The lowest BCUT2D eigenvalue weighted by Gasteiger charge is -2.33. The first-order chi connectivity index (χ1) is 11.7. The molecule has 0 atom stereocenters. The van der Waals surface area contributed by atoms with Gasteiger partial charge in [-0.05, 0) is 61.0 Å². The number of pyridine rings is 1. The van der Waals surface area contributed by atoms with Crippen molar-refractivity contribution >= 4 is 38.8 Å². The second-order valence-corrected chi connectivity index (χ2v) is 7.26. The van der Waals surface area contributed by atoms with Crippen molar-refractivity contribution in [2.24, 2.45) is 0 Å². The topological polar surface area (TPSA) is 79.5 Å². The third kappa shape index (κ3) is 3.34. The van der Waals surface area contributed by atoms with E-state index in [1.807, 2.05) is 0 Å². The Kier molecular flexibility index (Phi) is 4.24.